The second kappa shape index (κ2) is 10.4. The lowest BCUT2D eigenvalue weighted by Crippen LogP contribution is -2.31. The summed E-state index contributed by atoms with van der Waals surface area (Å²) in [6.07, 6.45) is 0. The smallest absolute Gasteiger partial charge is 0.160 e. The van der Waals surface area contributed by atoms with Crippen LogP contribution in [0.4, 0.5) is 0 Å². The molecule has 0 amide bonds. The van der Waals surface area contributed by atoms with Crippen molar-refractivity contribution in [3.63, 3.8) is 0 Å². The number of aromatic nitrogens is 2. The standard InChI is InChI=1S/C43H26N2S2/c1-3-11-27(12-4-1)36-26-37(45-42(44-36)28-13-5-2-6-14-28)29-19-20-32-31(25-29)41-30-23-24-46-38(30)22-21-35(41)43(32)33-15-7-9-17-39(33)47-40-18-10-8-16-34(40)43/h1-26H. The van der Waals surface area contributed by atoms with Gasteiger partial charge < -0.3 is 0 Å². The molecule has 4 heteroatoms. The molecule has 0 atom stereocenters. The highest BCUT2D eigenvalue weighted by Crippen LogP contribution is 2.63. The molecule has 0 radical (unpaired) electrons. The molecule has 1 aliphatic carbocycles. The second-order valence-electron chi connectivity index (χ2n) is 12.1. The maximum atomic E-state index is 5.20. The van der Waals surface area contributed by atoms with Crippen LogP contribution in [0.1, 0.15) is 22.3 Å². The van der Waals surface area contributed by atoms with Crippen LogP contribution in [0.2, 0.25) is 0 Å². The highest BCUT2D eigenvalue weighted by molar-refractivity contribution is 7.99. The summed E-state index contributed by atoms with van der Waals surface area (Å²) in [6.45, 7) is 0. The van der Waals surface area contributed by atoms with Crippen LogP contribution in [0.5, 0.6) is 0 Å². The number of hydrogen-bond donors (Lipinski definition) is 0. The van der Waals surface area contributed by atoms with E-state index in [1.165, 1.54) is 53.3 Å². The van der Waals surface area contributed by atoms with Crippen LogP contribution >= 0.6 is 23.1 Å². The Morgan fingerprint density at radius 2 is 1.09 bits per heavy atom. The number of nitrogens with zero attached hydrogens (tertiary/aromatic N) is 2. The molecular formula is C43H26N2S2. The average molecular weight is 635 g/mol. The van der Waals surface area contributed by atoms with E-state index in [1.54, 1.807) is 0 Å². The first-order valence-electron chi connectivity index (χ1n) is 15.8. The summed E-state index contributed by atoms with van der Waals surface area (Å²) in [6, 6.07) is 54.9. The summed E-state index contributed by atoms with van der Waals surface area (Å²) < 4.78 is 1.31. The minimum atomic E-state index is -0.409. The molecule has 220 valence electrons. The van der Waals surface area contributed by atoms with Gasteiger partial charge >= 0.3 is 0 Å². The van der Waals surface area contributed by atoms with Crippen LogP contribution in [0.25, 0.3) is 55.1 Å². The topological polar surface area (TPSA) is 25.8 Å². The maximum Gasteiger partial charge on any atom is 0.160 e. The molecule has 1 spiro atoms. The van der Waals surface area contributed by atoms with E-state index in [4.69, 9.17) is 9.97 Å². The molecule has 0 saturated carbocycles. The fraction of sp³-hybridized carbons (Fsp3) is 0.0233. The summed E-state index contributed by atoms with van der Waals surface area (Å²) in [7, 11) is 0. The van der Waals surface area contributed by atoms with Gasteiger partial charge in [-0.2, -0.15) is 0 Å². The van der Waals surface area contributed by atoms with E-state index in [0.29, 0.717) is 0 Å². The molecule has 1 aliphatic heterocycles. The molecule has 2 aromatic heterocycles. The normalized spacial score (nSPS) is 13.6. The Morgan fingerprint density at radius 1 is 0.468 bits per heavy atom. The minimum absolute atomic E-state index is 0.409. The zero-order chi connectivity index (χ0) is 31.0. The van der Waals surface area contributed by atoms with Crippen LogP contribution in [-0.4, -0.2) is 9.97 Å². The van der Waals surface area contributed by atoms with Gasteiger partial charge in [0.2, 0.25) is 0 Å². The van der Waals surface area contributed by atoms with E-state index in [2.05, 4.69) is 133 Å². The molecule has 0 bridgehead atoms. The zero-order valence-electron chi connectivity index (χ0n) is 25.2. The maximum absolute atomic E-state index is 5.20. The Hall–Kier alpha value is -5.29. The van der Waals surface area contributed by atoms with Gasteiger partial charge in [-0.25, -0.2) is 9.97 Å². The van der Waals surface area contributed by atoms with Crippen LogP contribution in [-0.2, 0) is 5.41 Å². The molecule has 0 saturated heterocycles. The molecule has 2 nitrogen and oxygen atoms in total. The molecule has 0 unspecified atom stereocenters. The van der Waals surface area contributed by atoms with Crippen molar-refractivity contribution in [2.24, 2.45) is 0 Å². The molecule has 8 aromatic rings. The van der Waals surface area contributed by atoms with Gasteiger partial charge in [-0.15, -0.1) is 11.3 Å². The monoisotopic (exact) mass is 634 g/mol. The summed E-state index contributed by atoms with van der Waals surface area (Å²) in [4.78, 5) is 12.9. The second-order valence-corrected chi connectivity index (χ2v) is 14.2. The van der Waals surface area contributed by atoms with Crippen molar-refractivity contribution < 1.29 is 0 Å². The highest BCUT2D eigenvalue weighted by atomic mass is 32.2. The SMILES string of the molecule is c1ccc(-c2cc(-c3ccc4c(c3)-c3c(ccc5sccc35)C43c4ccccc4Sc4ccccc43)nc(-c3ccccc3)n2)cc1. The van der Waals surface area contributed by atoms with Crippen LogP contribution in [0.3, 0.4) is 0 Å². The number of hydrogen-bond acceptors (Lipinski definition) is 4. The Balaban J connectivity index is 1.27. The number of benzene rings is 6. The first-order valence-corrected chi connectivity index (χ1v) is 17.5. The van der Waals surface area contributed by atoms with E-state index in [-0.39, 0.29) is 0 Å². The van der Waals surface area contributed by atoms with Crippen molar-refractivity contribution in [2.45, 2.75) is 15.2 Å². The van der Waals surface area contributed by atoms with Crippen LogP contribution < -0.4 is 0 Å². The summed E-state index contributed by atoms with van der Waals surface area (Å²) >= 11 is 3.69. The lowest BCUT2D eigenvalue weighted by molar-refractivity contribution is 0.723. The lowest BCUT2D eigenvalue weighted by Gasteiger charge is -2.39. The van der Waals surface area contributed by atoms with Gasteiger partial charge in [0.15, 0.2) is 5.82 Å². The molecule has 2 aliphatic rings. The molecule has 6 aromatic carbocycles. The van der Waals surface area contributed by atoms with Gasteiger partial charge in [0.1, 0.15) is 0 Å². The first kappa shape index (κ1) is 26.9. The quantitative estimate of drug-likeness (QED) is 0.193. The summed E-state index contributed by atoms with van der Waals surface area (Å²) in [5.74, 6) is 0.728. The van der Waals surface area contributed by atoms with E-state index >= 15 is 0 Å². The van der Waals surface area contributed by atoms with E-state index in [0.717, 1.165) is 33.9 Å². The van der Waals surface area contributed by atoms with Crippen LogP contribution in [0.15, 0.2) is 167 Å². The van der Waals surface area contributed by atoms with E-state index < -0.39 is 5.41 Å². The third kappa shape index (κ3) is 3.92. The van der Waals surface area contributed by atoms with E-state index in [1.807, 2.05) is 47.4 Å². The van der Waals surface area contributed by atoms with Crippen LogP contribution in [0, 0.1) is 0 Å². The first-order chi connectivity index (χ1) is 23.3. The molecule has 47 heavy (non-hydrogen) atoms. The molecule has 3 heterocycles. The van der Waals surface area contributed by atoms with Crippen molar-refractivity contribution in [2.75, 3.05) is 0 Å². The van der Waals surface area contributed by atoms with E-state index in [9.17, 15) is 0 Å². The molecule has 0 fully saturated rings. The van der Waals surface area contributed by atoms with Crippen molar-refractivity contribution >= 4 is 33.2 Å². The molecule has 10 rings (SSSR count). The Bertz CT molecular complexity index is 2400. The number of rotatable bonds is 3. The van der Waals surface area contributed by atoms with Gasteiger partial charge in [-0.05, 0) is 75.2 Å². The third-order valence-corrected chi connectivity index (χ3v) is 11.7. The Labute approximate surface area is 281 Å². The molecule has 0 N–H and O–H groups in total. The summed E-state index contributed by atoms with van der Waals surface area (Å²) in [5, 5.41) is 3.54. The van der Waals surface area contributed by atoms with Gasteiger partial charge in [0.25, 0.3) is 0 Å². The average Bonchev–Trinajstić information content (AvgIpc) is 3.74. The van der Waals surface area contributed by atoms with Gasteiger partial charge in [0, 0.05) is 36.6 Å². The summed E-state index contributed by atoms with van der Waals surface area (Å²) in [5.41, 5.74) is 12.6. The third-order valence-electron chi connectivity index (χ3n) is 9.66. The minimum Gasteiger partial charge on any atom is -0.228 e. The van der Waals surface area contributed by atoms with Crippen molar-refractivity contribution in [3.05, 3.63) is 179 Å². The lowest BCUT2D eigenvalue weighted by atomic mass is 9.67. The van der Waals surface area contributed by atoms with Crippen molar-refractivity contribution in [3.8, 4) is 45.0 Å². The predicted octanol–water partition coefficient (Wildman–Crippen LogP) is 11.5. The largest absolute Gasteiger partial charge is 0.228 e. The van der Waals surface area contributed by atoms with Crippen molar-refractivity contribution in [1.29, 1.82) is 0 Å². The fourth-order valence-corrected chi connectivity index (χ4v) is 9.66. The van der Waals surface area contributed by atoms with Gasteiger partial charge in [-0.3, -0.25) is 0 Å². The number of fused-ring (bicyclic) bond motifs is 11. The Kier molecular flexibility index (Phi) is 5.93. The molecular weight excluding hydrogens is 609 g/mol. The number of thiophene rings is 1. The van der Waals surface area contributed by atoms with Gasteiger partial charge in [-0.1, -0.05) is 127 Å². The Morgan fingerprint density at radius 3 is 1.81 bits per heavy atom. The zero-order valence-corrected chi connectivity index (χ0v) is 26.9. The highest BCUT2D eigenvalue weighted by Gasteiger charge is 2.50. The fourth-order valence-electron chi connectivity index (χ4n) is 7.67. The van der Waals surface area contributed by atoms with Crippen molar-refractivity contribution in [1.82, 2.24) is 9.97 Å². The predicted molar refractivity (Wildman–Crippen MR) is 195 cm³/mol. The van der Waals surface area contributed by atoms with Gasteiger partial charge in [0.05, 0.1) is 16.8 Å².